The van der Waals surface area contributed by atoms with Gasteiger partial charge in [-0.3, -0.25) is 9.48 Å². The molecule has 8 heteroatoms. The second kappa shape index (κ2) is 5.05. The van der Waals surface area contributed by atoms with Crippen LogP contribution in [0.15, 0.2) is 22.9 Å². The fourth-order valence-electron chi connectivity index (χ4n) is 2.57. The quantitative estimate of drug-likeness (QED) is 0.764. The van der Waals surface area contributed by atoms with Crippen molar-refractivity contribution >= 4 is 28.6 Å². The molecule has 4 rings (SSSR count). The Morgan fingerprint density at radius 2 is 2.17 bits per heavy atom. The molecule has 0 bridgehead atoms. The number of nitrogens with zero attached hydrogens (tertiary/aromatic N) is 4. The number of aryl methyl sites for hydroxylation is 2. The lowest BCUT2D eigenvalue weighted by atomic mass is 10.2. The van der Waals surface area contributed by atoms with Crippen LogP contribution in [-0.2, 0) is 7.05 Å². The zero-order valence-electron chi connectivity index (χ0n) is 13.8. The third-order valence-corrected chi connectivity index (χ3v) is 4.17. The highest BCUT2D eigenvalue weighted by molar-refractivity contribution is 6.14. The lowest BCUT2D eigenvalue weighted by Crippen LogP contribution is -2.19. The first kappa shape index (κ1) is 14.7. The SMILES string of the molecule is Cc1nc(NC2(C)CC2)c2c(C(=O)Nc3ccn(C)n3)coc2n1. The molecule has 0 aromatic carbocycles. The molecule has 3 aromatic heterocycles. The zero-order chi connectivity index (χ0) is 16.9. The van der Waals surface area contributed by atoms with Crippen LogP contribution in [0.2, 0.25) is 0 Å². The van der Waals surface area contributed by atoms with Gasteiger partial charge in [0.15, 0.2) is 5.82 Å². The maximum absolute atomic E-state index is 12.6. The topological polar surface area (TPSA) is 97.9 Å². The summed E-state index contributed by atoms with van der Waals surface area (Å²) in [7, 11) is 1.79. The molecule has 24 heavy (non-hydrogen) atoms. The monoisotopic (exact) mass is 326 g/mol. The van der Waals surface area contributed by atoms with E-state index in [1.165, 1.54) is 6.26 Å². The van der Waals surface area contributed by atoms with Crippen LogP contribution in [0.4, 0.5) is 11.6 Å². The molecule has 0 unspecified atom stereocenters. The van der Waals surface area contributed by atoms with E-state index in [9.17, 15) is 4.79 Å². The molecule has 0 aliphatic heterocycles. The molecule has 1 amide bonds. The van der Waals surface area contributed by atoms with E-state index < -0.39 is 0 Å². The van der Waals surface area contributed by atoms with E-state index in [-0.39, 0.29) is 11.4 Å². The van der Waals surface area contributed by atoms with Crippen molar-refractivity contribution in [3.63, 3.8) is 0 Å². The Balaban J connectivity index is 1.73. The molecule has 0 spiro atoms. The Labute approximate surface area is 138 Å². The van der Waals surface area contributed by atoms with Crippen molar-refractivity contribution in [2.45, 2.75) is 32.2 Å². The van der Waals surface area contributed by atoms with E-state index in [4.69, 9.17) is 4.42 Å². The van der Waals surface area contributed by atoms with Crippen LogP contribution in [-0.4, -0.2) is 31.2 Å². The van der Waals surface area contributed by atoms with Crippen molar-refractivity contribution in [2.75, 3.05) is 10.6 Å². The van der Waals surface area contributed by atoms with Gasteiger partial charge >= 0.3 is 0 Å². The number of furan rings is 1. The molecule has 0 atom stereocenters. The predicted molar refractivity (Wildman–Crippen MR) is 89.0 cm³/mol. The molecular formula is C16H18N6O2. The molecule has 1 aliphatic carbocycles. The Morgan fingerprint density at radius 1 is 1.38 bits per heavy atom. The molecule has 0 radical (unpaired) electrons. The van der Waals surface area contributed by atoms with E-state index in [0.29, 0.717) is 34.1 Å². The van der Waals surface area contributed by atoms with Crippen molar-refractivity contribution in [1.82, 2.24) is 19.7 Å². The molecule has 124 valence electrons. The molecule has 8 nitrogen and oxygen atoms in total. The molecule has 1 fully saturated rings. The van der Waals surface area contributed by atoms with E-state index in [1.54, 1.807) is 30.9 Å². The molecule has 1 aliphatic rings. The number of anilines is 2. The first-order chi connectivity index (χ1) is 11.4. The smallest absolute Gasteiger partial charge is 0.260 e. The van der Waals surface area contributed by atoms with E-state index in [1.807, 2.05) is 0 Å². The highest BCUT2D eigenvalue weighted by Crippen LogP contribution is 2.40. The van der Waals surface area contributed by atoms with Gasteiger partial charge in [-0.2, -0.15) is 10.1 Å². The number of rotatable bonds is 4. The van der Waals surface area contributed by atoms with Gasteiger partial charge < -0.3 is 15.1 Å². The summed E-state index contributed by atoms with van der Waals surface area (Å²) < 4.78 is 7.11. The number of aromatic nitrogens is 4. The minimum atomic E-state index is -0.302. The minimum Gasteiger partial charge on any atom is -0.445 e. The van der Waals surface area contributed by atoms with Gasteiger partial charge in [0.25, 0.3) is 5.91 Å². The van der Waals surface area contributed by atoms with Crippen LogP contribution in [0.1, 0.15) is 35.9 Å². The van der Waals surface area contributed by atoms with E-state index in [2.05, 4.69) is 32.6 Å². The first-order valence-electron chi connectivity index (χ1n) is 7.79. The highest BCUT2D eigenvalue weighted by Gasteiger charge is 2.38. The van der Waals surface area contributed by atoms with Crippen molar-refractivity contribution in [3.8, 4) is 0 Å². The fourth-order valence-corrected chi connectivity index (χ4v) is 2.57. The zero-order valence-corrected chi connectivity index (χ0v) is 13.8. The Hall–Kier alpha value is -2.90. The molecule has 0 saturated heterocycles. The number of fused-ring (bicyclic) bond motifs is 1. The standard InChI is InChI=1S/C16H18N6O2/c1-9-17-13(20-16(2)5-6-16)12-10(8-24-15(12)18-9)14(23)19-11-4-7-22(3)21-11/h4,7-8H,5-6H2,1-3H3,(H,17,18,20)(H,19,21,23). The summed E-state index contributed by atoms with van der Waals surface area (Å²) in [5.74, 6) is 1.41. The van der Waals surface area contributed by atoms with Gasteiger partial charge in [0.1, 0.15) is 17.9 Å². The van der Waals surface area contributed by atoms with Gasteiger partial charge in [-0.25, -0.2) is 4.98 Å². The molecule has 1 saturated carbocycles. The average molecular weight is 326 g/mol. The van der Waals surface area contributed by atoms with Crippen LogP contribution in [0.5, 0.6) is 0 Å². The van der Waals surface area contributed by atoms with Gasteiger partial charge in [-0.1, -0.05) is 0 Å². The molecule has 3 aromatic rings. The number of nitrogens with one attached hydrogen (secondary N) is 2. The molecule has 2 N–H and O–H groups in total. The third kappa shape index (κ3) is 2.60. The lowest BCUT2D eigenvalue weighted by Gasteiger charge is -2.13. The summed E-state index contributed by atoms with van der Waals surface area (Å²) in [5, 5.41) is 10.9. The summed E-state index contributed by atoms with van der Waals surface area (Å²) >= 11 is 0. The maximum Gasteiger partial charge on any atom is 0.260 e. The summed E-state index contributed by atoms with van der Waals surface area (Å²) in [6.07, 6.45) is 5.32. The summed E-state index contributed by atoms with van der Waals surface area (Å²) in [6.45, 7) is 3.93. The van der Waals surface area contributed by atoms with Gasteiger partial charge in [0.2, 0.25) is 5.71 Å². The number of hydrogen-bond donors (Lipinski definition) is 2. The van der Waals surface area contributed by atoms with Gasteiger partial charge in [-0.05, 0) is 26.7 Å². The Kier molecular flexibility index (Phi) is 3.09. The number of amides is 1. The average Bonchev–Trinajstić information content (AvgIpc) is 2.93. The number of carbonyl (C=O) groups is 1. The van der Waals surface area contributed by atoms with Gasteiger partial charge in [0.05, 0.1) is 10.9 Å². The highest BCUT2D eigenvalue weighted by atomic mass is 16.3. The summed E-state index contributed by atoms with van der Waals surface area (Å²) in [5.41, 5.74) is 0.822. The third-order valence-electron chi connectivity index (χ3n) is 4.17. The van der Waals surface area contributed by atoms with E-state index >= 15 is 0 Å². The lowest BCUT2D eigenvalue weighted by molar-refractivity contribution is 0.102. The first-order valence-corrected chi connectivity index (χ1v) is 7.79. The van der Waals surface area contributed by atoms with Gasteiger partial charge in [0, 0.05) is 24.8 Å². The van der Waals surface area contributed by atoms with Crippen LogP contribution in [0.25, 0.3) is 11.1 Å². The fraction of sp³-hybridized carbons (Fsp3) is 0.375. The largest absolute Gasteiger partial charge is 0.445 e. The second-order valence-corrected chi connectivity index (χ2v) is 6.46. The summed E-state index contributed by atoms with van der Waals surface area (Å²) in [4.78, 5) is 21.4. The molecular weight excluding hydrogens is 308 g/mol. The molecule has 3 heterocycles. The van der Waals surface area contributed by atoms with Crippen molar-refractivity contribution in [1.29, 1.82) is 0 Å². The number of carbonyl (C=O) groups excluding carboxylic acids is 1. The van der Waals surface area contributed by atoms with Crippen LogP contribution < -0.4 is 10.6 Å². The Bertz CT molecular complexity index is 937. The van der Waals surface area contributed by atoms with Crippen LogP contribution >= 0.6 is 0 Å². The van der Waals surface area contributed by atoms with Crippen molar-refractivity contribution in [3.05, 3.63) is 29.9 Å². The van der Waals surface area contributed by atoms with Crippen molar-refractivity contribution in [2.24, 2.45) is 7.05 Å². The Morgan fingerprint density at radius 3 is 2.83 bits per heavy atom. The number of hydrogen-bond acceptors (Lipinski definition) is 6. The van der Waals surface area contributed by atoms with Crippen molar-refractivity contribution < 1.29 is 9.21 Å². The van der Waals surface area contributed by atoms with E-state index in [0.717, 1.165) is 12.8 Å². The summed E-state index contributed by atoms with van der Waals surface area (Å²) in [6, 6.07) is 1.73. The minimum absolute atomic E-state index is 0.0275. The van der Waals surface area contributed by atoms with Crippen LogP contribution in [0.3, 0.4) is 0 Å². The predicted octanol–water partition coefficient (Wildman–Crippen LogP) is 2.48. The van der Waals surface area contributed by atoms with Gasteiger partial charge in [-0.15, -0.1) is 0 Å². The maximum atomic E-state index is 12.6. The normalized spacial score (nSPS) is 15.5. The van der Waals surface area contributed by atoms with Crippen LogP contribution in [0, 0.1) is 6.92 Å². The second-order valence-electron chi connectivity index (χ2n) is 6.46.